The van der Waals surface area contributed by atoms with Gasteiger partial charge in [-0.3, -0.25) is 4.79 Å². The lowest BCUT2D eigenvalue weighted by molar-refractivity contribution is -0.134. The zero-order chi connectivity index (χ0) is 19.4. The number of hydrogen-bond acceptors (Lipinski definition) is 5. The number of hydrogen-bond donors (Lipinski definition) is 0. The molecule has 2 aromatic carbocycles. The molecule has 0 fully saturated rings. The molecular weight excluding hydrogens is 346 g/mol. The summed E-state index contributed by atoms with van der Waals surface area (Å²) in [5.74, 6) is 1.02. The van der Waals surface area contributed by atoms with Gasteiger partial charge < -0.3 is 18.8 Å². The van der Waals surface area contributed by atoms with Crippen molar-refractivity contribution in [3.8, 4) is 11.5 Å². The Kier molecular flexibility index (Phi) is 5.45. The predicted octanol–water partition coefficient (Wildman–Crippen LogP) is 3.40. The zero-order valence-electron chi connectivity index (χ0n) is 15.5. The normalized spacial score (nSPS) is 11.8. The minimum atomic E-state index is -0.430. The second-order valence-corrected chi connectivity index (χ2v) is 6.17. The molecule has 0 spiro atoms. The molecule has 0 aliphatic rings. The standard InChI is InChI=1S/C21H21NO5/c1-14(17-6-4-5-7-18(17)25-3)22(2)20(23)13-26-16-10-8-15-9-11-21(24)27-19(15)12-16/h4-12,14H,13H2,1-3H3. The van der Waals surface area contributed by atoms with E-state index in [0.29, 0.717) is 11.3 Å². The van der Waals surface area contributed by atoms with Crippen LogP contribution < -0.4 is 15.1 Å². The molecule has 0 saturated heterocycles. The average Bonchev–Trinajstić information content (AvgIpc) is 2.70. The Bertz CT molecular complexity index is 1010. The lowest BCUT2D eigenvalue weighted by Crippen LogP contribution is -2.33. The molecular formula is C21H21NO5. The fourth-order valence-electron chi connectivity index (χ4n) is 2.81. The number of ether oxygens (including phenoxy) is 2. The van der Waals surface area contributed by atoms with Crippen molar-refractivity contribution in [3.05, 3.63) is 70.6 Å². The summed E-state index contributed by atoms with van der Waals surface area (Å²) in [5, 5.41) is 0.787. The van der Waals surface area contributed by atoms with E-state index in [1.54, 1.807) is 43.3 Å². The van der Waals surface area contributed by atoms with Crippen molar-refractivity contribution < 1.29 is 18.7 Å². The van der Waals surface area contributed by atoms with Gasteiger partial charge in [0.2, 0.25) is 0 Å². The summed E-state index contributed by atoms with van der Waals surface area (Å²) < 4.78 is 16.1. The molecule has 1 amide bonds. The number of para-hydroxylation sites is 1. The van der Waals surface area contributed by atoms with Crippen molar-refractivity contribution >= 4 is 16.9 Å². The van der Waals surface area contributed by atoms with E-state index in [1.165, 1.54) is 6.07 Å². The van der Waals surface area contributed by atoms with E-state index >= 15 is 0 Å². The summed E-state index contributed by atoms with van der Waals surface area (Å²) in [6.07, 6.45) is 0. The first-order valence-electron chi connectivity index (χ1n) is 8.55. The van der Waals surface area contributed by atoms with Crippen molar-refractivity contribution in [1.29, 1.82) is 0 Å². The fraction of sp³-hybridized carbons (Fsp3) is 0.238. The number of fused-ring (bicyclic) bond motifs is 1. The van der Waals surface area contributed by atoms with Crippen LogP contribution >= 0.6 is 0 Å². The average molecular weight is 367 g/mol. The predicted molar refractivity (Wildman–Crippen MR) is 102 cm³/mol. The lowest BCUT2D eigenvalue weighted by atomic mass is 10.1. The summed E-state index contributed by atoms with van der Waals surface area (Å²) in [4.78, 5) is 25.5. The molecule has 0 bridgehead atoms. The number of amides is 1. The quantitative estimate of drug-likeness (QED) is 0.625. The molecule has 27 heavy (non-hydrogen) atoms. The van der Waals surface area contributed by atoms with Gasteiger partial charge in [-0.15, -0.1) is 0 Å². The topological polar surface area (TPSA) is 69.0 Å². The highest BCUT2D eigenvalue weighted by Gasteiger charge is 2.20. The summed E-state index contributed by atoms with van der Waals surface area (Å²) in [6.45, 7) is 1.80. The summed E-state index contributed by atoms with van der Waals surface area (Å²) >= 11 is 0. The van der Waals surface area contributed by atoms with Gasteiger partial charge in [0, 0.05) is 30.1 Å². The van der Waals surface area contributed by atoms with Crippen LogP contribution in [0.1, 0.15) is 18.5 Å². The SMILES string of the molecule is COc1ccccc1C(C)N(C)C(=O)COc1ccc2ccc(=O)oc2c1. The first-order valence-corrected chi connectivity index (χ1v) is 8.55. The Morgan fingerprint density at radius 3 is 2.67 bits per heavy atom. The van der Waals surface area contributed by atoms with Gasteiger partial charge >= 0.3 is 5.63 Å². The van der Waals surface area contributed by atoms with Gasteiger partial charge in [-0.1, -0.05) is 18.2 Å². The first kappa shape index (κ1) is 18.5. The maximum atomic E-state index is 12.5. The zero-order valence-corrected chi connectivity index (χ0v) is 15.5. The number of methoxy groups -OCH3 is 1. The van der Waals surface area contributed by atoms with E-state index in [0.717, 1.165) is 16.7 Å². The molecule has 0 saturated carbocycles. The molecule has 1 heterocycles. The van der Waals surface area contributed by atoms with E-state index in [4.69, 9.17) is 13.9 Å². The molecule has 0 aliphatic heterocycles. The lowest BCUT2D eigenvalue weighted by Gasteiger charge is -2.26. The van der Waals surface area contributed by atoms with Gasteiger partial charge in [-0.05, 0) is 31.2 Å². The largest absolute Gasteiger partial charge is 0.496 e. The second kappa shape index (κ2) is 7.95. The summed E-state index contributed by atoms with van der Waals surface area (Å²) in [6, 6.07) is 15.6. The number of rotatable bonds is 6. The molecule has 1 aromatic heterocycles. The minimum absolute atomic E-state index is 0.126. The Morgan fingerprint density at radius 1 is 1.15 bits per heavy atom. The van der Waals surface area contributed by atoms with E-state index in [9.17, 15) is 9.59 Å². The van der Waals surface area contributed by atoms with Crippen LogP contribution in [0.25, 0.3) is 11.0 Å². The van der Waals surface area contributed by atoms with Crippen molar-refractivity contribution in [2.24, 2.45) is 0 Å². The number of nitrogens with zero attached hydrogens (tertiary/aromatic N) is 1. The molecule has 3 rings (SSSR count). The van der Waals surface area contributed by atoms with Crippen LogP contribution in [-0.2, 0) is 4.79 Å². The molecule has 3 aromatic rings. The smallest absolute Gasteiger partial charge is 0.336 e. The third-order valence-corrected chi connectivity index (χ3v) is 4.52. The molecule has 0 aliphatic carbocycles. The maximum absolute atomic E-state index is 12.5. The second-order valence-electron chi connectivity index (χ2n) is 6.17. The van der Waals surface area contributed by atoms with E-state index in [2.05, 4.69) is 0 Å². The Morgan fingerprint density at radius 2 is 1.89 bits per heavy atom. The van der Waals surface area contributed by atoms with E-state index < -0.39 is 5.63 Å². The highest BCUT2D eigenvalue weighted by molar-refractivity contribution is 5.79. The van der Waals surface area contributed by atoms with Crippen molar-refractivity contribution in [2.45, 2.75) is 13.0 Å². The van der Waals surface area contributed by atoms with Gasteiger partial charge in [0.1, 0.15) is 17.1 Å². The summed E-state index contributed by atoms with van der Waals surface area (Å²) in [5.41, 5.74) is 0.910. The van der Waals surface area contributed by atoms with E-state index in [-0.39, 0.29) is 18.6 Å². The molecule has 1 atom stereocenters. The van der Waals surface area contributed by atoms with Gasteiger partial charge in [0.25, 0.3) is 5.91 Å². The Balaban J connectivity index is 1.68. The first-order chi connectivity index (χ1) is 13.0. The molecule has 6 nitrogen and oxygen atoms in total. The van der Waals surface area contributed by atoms with Crippen LogP contribution in [0.15, 0.2) is 63.8 Å². The highest BCUT2D eigenvalue weighted by atomic mass is 16.5. The monoisotopic (exact) mass is 367 g/mol. The van der Waals surface area contributed by atoms with Gasteiger partial charge in [0.15, 0.2) is 6.61 Å². The van der Waals surface area contributed by atoms with Crippen LogP contribution in [-0.4, -0.2) is 31.6 Å². The van der Waals surface area contributed by atoms with E-state index in [1.807, 2.05) is 31.2 Å². The maximum Gasteiger partial charge on any atom is 0.336 e. The third kappa shape index (κ3) is 4.11. The van der Waals surface area contributed by atoms with Crippen LogP contribution in [0.4, 0.5) is 0 Å². The number of carbonyl (C=O) groups excluding carboxylic acids is 1. The van der Waals surface area contributed by atoms with Crippen molar-refractivity contribution in [3.63, 3.8) is 0 Å². The molecule has 140 valence electrons. The molecule has 0 N–H and O–H groups in total. The number of benzene rings is 2. The van der Waals surface area contributed by atoms with Gasteiger partial charge in [0.05, 0.1) is 13.2 Å². The Hall–Kier alpha value is -3.28. The Labute approximate surface area is 156 Å². The minimum Gasteiger partial charge on any atom is -0.496 e. The van der Waals surface area contributed by atoms with Crippen LogP contribution in [0.2, 0.25) is 0 Å². The van der Waals surface area contributed by atoms with Crippen LogP contribution in [0, 0.1) is 0 Å². The number of carbonyl (C=O) groups is 1. The van der Waals surface area contributed by atoms with Gasteiger partial charge in [-0.2, -0.15) is 0 Å². The highest BCUT2D eigenvalue weighted by Crippen LogP contribution is 2.28. The van der Waals surface area contributed by atoms with Crippen LogP contribution in [0.5, 0.6) is 11.5 Å². The van der Waals surface area contributed by atoms with Crippen molar-refractivity contribution in [1.82, 2.24) is 4.90 Å². The summed E-state index contributed by atoms with van der Waals surface area (Å²) in [7, 11) is 3.33. The third-order valence-electron chi connectivity index (χ3n) is 4.52. The number of likely N-dealkylation sites (N-methyl/N-ethyl adjacent to an activating group) is 1. The van der Waals surface area contributed by atoms with Gasteiger partial charge in [-0.25, -0.2) is 4.79 Å². The van der Waals surface area contributed by atoms with Crippen molar-refractivity contribution in [2.75, 3.05) is 20.8 Å². The van der Waals surface area contributed by atoms with Crippen LogP contribution in [0.3, 0.4) is 0 Å². The molecule has 0 radical (unpaired) electrons. The molecule has 6 heteroatoms. The molecule has 1 unspecified atom stereocenters. The fourth-order valence-corrected chi connectivity index (χ4v) is 2.81.